The van der Waals surface area contributed by atoms with Gasteiger partial charge in [-0.2, -0.15) is 0 Å². The van der Waals surface area contributed by atoms with E-state index in [0.29, 0.717) is 23.2 Å². The highest BCUT2D eigenvalue weighted by molar-refractivity contribution is 5.69. The summed E-state index contributed by atoms with van der Waals surface area (Å²) in [6, 6.07) is 13.9. The second-order valence-electron chi connectivity index (χ2n) is 6.93. The molecule has 0 saturated carbocycles. The number of aryl methyl sites for hydroxylation is 1. The van der Waals surface area contributed by atoms with E-state index >= 15 is 0 Å². The molecule has 1 fully saturated rings. The summed E-state index contributed by atoms with van der Waals surface area (Å²) in [5.74, 6) is -0.915. The average molecular weight is 325 g/mol. The van der Waals surface area contributed by atoms with Gasteiger partial charge in [0.1, 0.15) is 11.6 Å². The summed E-state index contributed by atoms with van der Waals surface area (Å²) < 4.78 is 27.8. The van der Waals surface area contributed by atoms with Crippen molar-refractivity contribution < 1.29 is 8.78 Å². The Hall–Kier alpha value is -2.00. The van der Waals surface area contributed by atoms with E-state index < -0.39 is 11.6 Å². The van der Waals surface area contributed by atoms with E-state index in [1.54, 1.807) is 13.0 Å². The van der Waals surface area contributed by atoms with Gasteiger partial charge >= 0.3 is 0 Å². The number of benzene rings is 2. The number of hydrogen-bond acceptors (Lipinski definition) is 1. The summed E-state index contributed by atoms with van der Waals surface area (Å²) in [4.78, 5) is 2.52. The molecule has 4 rings (SSSR count). The predicted octanol–water partition coefficient (Wildman–Crippen LogP) is 5.09. The van der Waals surface area contributed by atoms with Crippen molar-refractivity contribution in [2.45, 2.75) is 44.8 Å². The van der Waals surface area contributed by atoms with Crippen molar-refractivity contribution in [1.29, 1.82) is 0 Å². The first-order chi connectivity index (χ1) is 11.6. The quantitative estimate of drug-likeness (QED) is 0.759. The van der Waals surface area contributed by atoms with Gasteiger partial charge in [-0.15, -0.1) is 0 Å². The molecule has 3 heteroatoms. The zero-order chi connectivity index (χ0) is 16.7. The summed E-state index contributed by atoms with van der Waals surface area (Å²) >= 11 is 0. The molecule has 0 amide bonds. The SMILES string of the molecule is Cc1cc(C2=CC3CCC(C2)N3Cc2ccccc2)c(F)cc1F. The Morgan fingerprint density at radius 3 is 2.58 bits per heavy atom. The molecule has 2 unspecified atom stereocenters. The lowest BCUT2D eigenvalue weighted by Gasteiger charge is -2.34. The summed E-state index contributed by atoms with van der Waals surface area (Å²) in [7, 11) is 0. The van der Waals surface area contributed by atoms with Crippen LogP contribution in [0.4, 0.5) is 8.78 Å². The third kappa shape index (κ3) is 2.78. The zero-order valence-corrected chi connectivity index (χ0v) is 13.8. The summed E-state index contributed by atoms with van der Waals surface area (Å²) in [5.41, 5.74) is 3.43. The first-order valence-corrected chi connectivity index (χ1v) is 8.58. The van der Waals surface area contributed by atoms with Gasteiger partial charge in [0.15, 0.2) is 0 Å². The Labute approximate surface area is 141 Å². The van der Waals surface area contributed by atoms with Crippen LogP contribution in [0.5, 0.6) is 0 Å². The highest BCUT2D eigenvalue weighted by Gasteiger charge is 2.37. The maximum atomic E-state index is 14.2. The normalized spacial score (nSPS) is 23.4. The summed E-state index contributed by atoms with van der Waals surface area (Å²) in [6.45, 7) is 2.63. The first kappa shape index (κ1) is 15.5. The van der Waals surface area contributed by atoms with E-state index in [2.05, 4.69) is 35.2 Å². The van der Waals surface area contributed by atoms with Gasteiger partial charge in [0.2, 0.25) is 0 Å². The lowest BCUT2D eigenvalue weighted by molar-refractivity contribution is 0.203. The van der Waals surface area contributed by atoms with Crippen LogP contribution in [-0.4, -0.2) is 17.0 Å². The highest BCUT2D eigenvalue weighted by Crippen LogP contribution is 2.40. The van der Waals surface area contributed by atoms with E-state index in [0.717, 1.165) is 37.4 Å². The van der Waals surface area contributed by atoms with Crippen LogP contribution in [0.2, 0.25) is 0 Å². The van der Waals surface area contributed by atoms with Crippen LogP contribution in [0.3, 0.4) is 0 Å². The van der Waals surface area contributed by atoms with Gasteiger partial charge in [0.25, 0.3) is 0 Å². The maximum absolute atomic E-state index is 14.2. The van der Waals surface area contributed by atoms with Gasteiger partial charge in [-0.3, -0.25) is 4.90 Å². The van der Waals surface area contributed by atoms with Crippen molar-refractivity contribution in [2.24, 2.45) is 0 Å². The monoisotopic (exact) mass is 325 g/mol. The number of rotatable bonds is 3. The molecule has 2 aromatic rings. The molecule has 2 heterocycles. The Morgan fingerprint density at radius 2 is 1.83 bits per heavy atom. The minimum atomic E-state index is -0.471. The molecule has 124 valence electrons. The van der Waals surface area contributed by atoms with Crippen LogP contribution in [0.1, 0.15) is 36.0 Å². The number of fused-ring (bicyclic) bond motifs is 2. The Morgan fingerprint density at radius 1 is 1.04 bits per heavy atom. The van der Waals surface area contributed by atoms with Crippen molar-refractivity contribution in [3.63, 3.8) is 0 Å². The fourth-order valence-corrected chi connectivity index (χ4v) is 4.06. The van der Waals surface area contributed by atoms with Crippen molar-refractivity contribution in [3.8, 4) is 0 Å². The Kier molecular flexibility index (Phi) is 3.97. The molecule has 0 spiro atoms. The van der Waals surface area contributed by atoms with Crippen molar-refractivity contribution in [1.82, 2.24) is 4.90 Å². The van der Waals surface area contributed by atoms with Crippen LogP contribution in [0.15, 0.2) is 48.5 Å². The molecule has 1 nitrogen and oxygen atoms in total. The van der Waals surface area contributed by atoms with Gasteiger partial charge in [0, 0.05) is 30.3 Å². The van der Waals surface area contributed by atoms with E-state index in [4.69, 9.17) is 0 Å². The molecule has 2 atom stereocenters. The van der Waals surface area contributed by atoms with Gasteiger partial charge in [0.05, 0.1) is 0 Å². The van der Waals surface area contributed by atoms with Crippen molar-refractivity contribution >= 4 is 5.57 Å². The van der Waals surface area contributed by atoms with E-state index in [1.807, 2.05) is 6.07 Å². The van der Waals surface area contributed by atoms with Crippen LogP contribution in [0, 0.1) is 18.6 Å². The summed E-state index contributed by atoms with van der Waals surface area (Å²) in [5, 5.41) is 0. The van der Waals surface area contributed by atoms with Crippen LogP contribution >= 0.6 is 0 Å². The lowest BCUT2D eigenvalue weighted by Crippen LogP contribution is -2.37. The number of hydrogen-bond donors (Lipinski definition) is 0. The van der Waals surface area contributed by atoms with Gasteiger partial charge in [-0.05, 0) is 49.0 Å². The molecular weight excluding hydrogens is 304 g/mol. The topological polar surface area (TPSA) is 3.24 Å². The molecule has 24 heavy (non-hydrogen) atoms. The fourth-order valence-electron chi connectivity index (χ4n) is 4.06. The molecular formula is C21H21F2N. The second-order valence-corrected chi connectivity index (χ2v) is 6.93. The molecule has 2 aromatic carbocycles. The highest BCUT2D eigenvalue weighted by atomic mass is 19.1. The minimum Gasteiger partial charge on any atom is -0.289 e. The Bertz CT molecular complexity index is 782. The molecule has 1 saturated heterocycles. The minimum absolute atomic E-state index is 0.351. The predicted molar refractivity (Wildman–Crippen MR) is 92.5 cm³/mol. The van der Waals surface area contributed by atoms with E-state index in [1.165, 1.54) is 5.56 Å². The van der Waals surface area contributed by atoms with Gasteiger partial charge in [-0.1, -0.05) is 36.4 Å². The largest absolute Gasteiger partial charge is 0.289 e. The van der Waals surface area contributed by atoms with Crippen molar-refractivity contribution in [3.05, 3.63) is 76.9 Å². The second kappa shape index (κ2) is 6.14. The number of halogens is 2. The van der Waals surface area contributed by atoms with E-state index in [9.17, 15) is 8.78 Å². The van der Waals surface area contributed by atoms with Crippen molar-refractivity contribution in [2.75, 3.05) is 0 Å². The molecule has 2 bridgehead atoms. The summed E-state index contributed by atoms with van der Waals surface area (Å²) in [6.07, 6.45) is 5.29. The molecule has 2 aliphatic heterocycles. The molecule has 0 N–H and O–H groups in total. The molecule has 2 aliphatic rings. The zero-order valence-electron chi connectivity index (χ0n) is 13.8. The standard InChI is InChI=1S/C21H21F2N/c1-14-9-19(21(23)12-20(14)22)16-10-17-7-8-18(11-16)24(17)13-15-5-3-2-4-6-15/h2-6,9-10,12,17-18H,7-8,11,13H2,1H3. The Balaban J connectivity index is 1.61. The lowest BCUT2D eigenvalue weighted by atomic mass is 9.93. The molecule has 0 aliphatic carbocycles. The third-order valence-corrected chi connectivity index (χ3v) is 5.34. The van der Waals surface area contributed by atoms with Crippen LogP contribution in [0.25, 0.3) is 5.57 Å². The molecule has 0 radical (unpaired) electrons. The first-order valence-electron chi connectivity index (χ1n) is 8.58. The smallest absolute Gasteiger partial charge is 0.133 e. The average Bonchev–Trinajstić information content (AvgIpc) is 2.81. The number of nitrogens with zero attached hydrogens (tertiary/aromatic N) is 1. The van der Waals surface area contributed by atoms with Crippen LogP contribution < -0.4 is 0 Å². The maximum Gasteiger partial charge on any atom is 0.133 e. The van der Waals surface area contributed by atoms with E-state index in [-0.39, 0.29) is 0 Å². The van der Waals surface area contributed by atoms with Gasteiger partial charge in [-0.25, -0.2) is 8.78 Å². The third-order valence-electron chi connectivity index (χ3n) is 5.34. The van der Waals surface area contributed by atoms with Crippen LogP contribution in [-0.2, 0) is 6.54 Å². The molecule has 0 aromatic heterocycles. The van der Waals surface area contributed by atoms with Gasteiger partial charge < -0.3 is 0 Å². The fraction of sp³-hybridized carbons (Fsp3) is 0.333.